The third-order valence-electron chi connectivity index (χ3n) is 2.81. The Labute approximate surface area is 112 Å². The highest BCUT2D eigenvalue weighted by molar-refractivity contribution is 7.65. The third kappa shape index (κ3) is 2.02. The van der Waals surface area contributed by atoms with Crippen LogP contribution in [-0.2, 0) is 11.3 Å². The number of fused-ring (bicyclic) bond motifs is 1. The van der Waals surface area contributed by atoms with E-state index in [9.17, 15) is 4.21 Å². The first kappa shape index (κ1) is 11.6. The minimum atomic E-state index is 0.349. The highest BCUT2D eigenvalue weighted by atomic mass is 32.1. The zero-order valence-corrected chi connectivity index (χ0v) is 10.6. The predicted molar refractivity (Wildman–Crippen MR) is 77.0 cm³/mol. The second-order valence-corrected chi connectivity index (χ2v) is 4.41. The fourth-order valence-corrected chi connectivity index (χ4v) is 2.27. The molecule has 0 amide bonds. The van der Waals surface area contributed by atoms with Crippen LogP contribution in [0.1, 0.15) is 5.56 Å². The van der Waals surface area contributed by atoms with Crippen LogP contribution < -0.4 is 5.73 Å². The topological polar surface area (TPSA) is 84.7 Å². The van der Waals surface area contributed by atoms with Crippen molar-refractivity contribution in [1.29, 1.82) is 0 Å². The van der Waals surface area contributed by atoms with Crippen molar-refractivity contribution >= 4 is 33.5 Å². The molecule has 2 aromatic heterocycles. The van der Waals surface area contributed by atoms with Gasteiger partial charge in [-0.25, -0.2) is 14.2 Å². The summed E-state index contributed by atoms with van der Waals surface area (Å²) in [4.78, 5) is 11.7. The van der Waals surface area contributed by atoms with Gasteiger partial charge in [-0.3, -0.25) is 0 Å². The van der Waals surface area contributed by atoms with Crippen LogP contribution >= 0.6 is 0 Å². The molecule has 0 aliphatic rings. The van der Waals surface area contributed by atoms with Gasteiger partial charge in [-0.2, -0.15) is 0 Å². The van der Waals surface area contributed by atoms with Crippen molar-refractivity contribution in [2.75, 3.05) is 5.73 Å². The van der Waals surface area contributed by atoms with E-state index in [-0.39, 0.29) is 0 Å². The summed E-state index contributed by atoms with van der Waals surface area (Å²) in [5, 5.41) is 1.49. The van der Waals surface area contributed by atoms with Crippen LogP contribution in [0.25, 0.3) is 22.4 Å². The first-order valence-electron chi connectivity index (χ1n) is 5.61. The zero-order valence-electron chi connectivity index (χ0n) is 9.83. The lowest BCUT2D eigenvalue weighted by molar-refractivity contribution is 0.701. The molecule has 0 spiro atoms. The van der Waals surface area contributed by atoms with Gasteiger partial charge in [-0.15, -0.1) is 0 Å². The van der Waals surface area contributed by atoms with Crippen LogP contribution in [0.2, 0.25) is 0 Å². The number of aromatic nitrogens is 3. The average molecular weight is 270 g/mol. The highest BCUT2D eigenvalue weighted by Crippen LogP contribution is 2.26. The second kappa shape index (κ2) is 4.66. The number of para-hydroxylation sites is 2. The van der Waals surface area contributed by atoms with E-state index in [2.05, 4.69) is 15.0 Å². The van der Waals surface area contributed by atoms with Crippen molar-refractivity contribution in [2.45, 2.75) is 0 Å². The normalized spacial score (nSPS) is 10.5. The standard InChI is InChI=1S/C13H10N4OS/c14-12-11(8(7-19-18)5-6-15-12)13-16-9-3-1-2-4-10(9)17-13/h1-7H,(H2,14,15)(H,16,17). The Balaban J connectivity index is 2.28. The number of hydrogen-bond acceptors (Lipinski definition) is 4. The summed E-state index contributed by atoms with van der Waals surface area (Å²) >= 11 is 0.379. The molecule has 3 rings (SSSR count). The van der Waals surface area contributed by atoms with Crippen LogP contribution in [-0.4, -0.2) is 24.5 Å². The lowest BCUT2D eigenvalue weighted by Crippen LogP contribution is -1.99. The number of nitrogens with zero attached hydrogens (tertiary/aromatic N) is 2. The van der Waals surface area contributed by atoms with E-state index >= 15 is 0 Å². The minimum absolute atomic E-state index is 0.349. The van der Waals surface area contributed by atoms with Gasteiger partial charge in [0.05, 0.1) is 27.9 Å². The molecule has 1 aromatic carbocycles. The maximum atomic E-state index is 10.7. The van der Waals surface area contributed by atoms with E-state index in [1.807, 2.05) is 24.3 Å². The Morgan fingerprint density at radius 1 is 1.26 bits per heavy atom. The molecule has 3 N–H and O–H groups in total. The summed E-state index contributed by atoms with van der Waals surface area (Å²) in [6.07, 6.45) is 1.57. The number of pyridine rings is 1. The van der Waals surface area contributed by atoms with Crippen molar-refractivity contribution in [3.8, 4) is 11.4 Å². The Bertz CT molecular complexity index is 772. The van der Waals surface area contributed by atoms with E-state index in [0.29, 0.717) is 34.0 Å². The number of nitrogens with one attached hydrogen (secondary N) is 1. The van der Waals surface area contributed by atoms with Crippen LogP contribution in [0.4, 0.5) is 5.82 Å². The van der Waals surface area contributed by atoms with Gasteiger partial charge in [0, 0.05) is 17.1 Å². The van der Waals surface area contributed by atoms with Crippen molar-refractivity contribution in [3.63, 3.8) is 0 Å². The van der Waals surface area contributed by atoms with E-state index in [4.69, 9.17) is 5.73 Å². The molecular weight excluding hydrogens is 260 g/mol. The maximum Gasteiger partial charge on any atom is 0.142 e. The van der Waals surface area contributed by atoms with Crippen LogP contribution in [0.5, 0.6) is 0 Å². The molecular formula is C13H10N4OS. The number of hydrogen-bond donors (Lipinski definition) is 2. The smallest absolute Gasteiger partial charge is 0.142 e. The Hall–Kier alpha value is -2.47. The number of nitrogens with two attached hydrogens (primary N) is 1. The number of H-pyrrole nitrogens is 1. The molecule has 0 atom stereocenters. The summed E-state index contributed by atoms with van der Waals surface area (Å²) in [7, 11) is 0. The third-order valence-corrected chi connectivity index (χ3v) is 3.16. The molecule has 19 heavy (non-hydrogen) atoms. The Kier molecular flexibility index (Phi) is 2.85. The van der Waals surface area contributed by atoms with Crippen LogP contribution in [0, 0.1) is 0 Å². The molecule has 3 aromatic rings. The average Bonchev–Trinajstić information content (AvgIpc) is 2.82. The predicted octanol–water partition coefficient (Wildman–Crippen LogP) is 1.57. The summed E-state index contributed by atoms with van der Waals surface area (Å²) in [5.74, 6) is 0.967. The van der Waals surface area contributed by atoms with E-state index in [1.165, 1.54) is 5.37 Å². The van der Waals surface area contributed by atoms with Gasteiger partial charge in [-0.1, -0.05) is 12.1 Å². The van der Waals surface area contributed by atoms with Gasteiger partial charge in [0.2, 0.25) is 0 Å². The van der Waals surface area contributed by atoms with Crippen molar-refractivity contribution in [1.82, 2.24) is 15.0 Å². The van der Waals surface area contributed by atoms with Gasteiger partial charge < -0.3 is 10.7 Å². The van der Waals surface area contributed by atoms with Gasteiger partial charge in [0.15, 0.2) is 0 Å². The fourth-order valence-electron chi connectivity index (χ4n) is 1.97. The number of imidazole rings is 1. The van der Waals surface area contributed by atoms with Gasteiger partial charge in [0.1, 0.15) is 11.6 Å². The Morgan fingerprint density at radius 2 is 2.11 bits per heavy atom. The highest BCUT2D eigenvalue weighted by Gasteiger charge is 2.12. The van der Waals surface area contributed by atoms with Gasteiger partial charge in [0.25, 0.3) is 0 Å². The number of nitrogen functional groups attached to an aromatic ring is 1. The quantitative estimate of drug-likeness (QED) is 0.692. The summed E-state index contributed by atoms with van der Waals surface area (Å²) in [5.41, 5.74) is 9.04. The molecule has 94 valence electrons. The molecule has 2 heterocycles. The van der Waals surface area contributed by atoms with Crippen molar-refractivity contribution < 1.29 is 4.21 Å². The summed E-state index contributed by atoms with van der Waals surface area (Å²) < 4.78 is 10.7. The molecule has 0 saturated heterocycles. The van der Waals surface area contributed by atoms with E-state index < -0.39 is 0 Å². The van der Waals surface area contributed by atoms with Crippen molar-refractivity contribution in [2.24, 2.45) is 0 Å². The number of rotatable bonds is 2. The molecule has 0 aliphatic heterocycles. The number of benzene rings is 1. The minimum Gasteiger partial charge on any atom is -0.383 e. The van der Waals surface area contributed by atoms with Gasteiger partial charge in [-0.05, 0) is 18.2 Å². The van der Waals surface area contributed by atoms with E-state index in [1.54, 1.807) is 12.3 Å². The molecule has 5 nitrogen and oxygen atoms in total. The number of anilines is 1. The van der Waals surface area contributed by atoms with Crippen LogP contribution in [0.15, 0.2) is 36.5 Å². The van der Waals surface area contributed by atoms with E-state index in [0.717, 1.165) is 11.0 Å². The Morgan fingerprint density at radius 3 is 2.89 bits per heavy atom. The van der Waals surface area contributed by atoms with Gasteiger partial charge >= 0.3 is 0 Å². The molecule has 0 radical (unpaired) electrons. The zero-order chi connectivity index (χ0) is 13.2. The first-order chi connectivity index (χ1) is 9.29. The monoisotopic (exact) mass is 270 g/mol. The first-order valence-corrected chi connectivity index (χ1v) is 6.41. The maximum absolute atomic E-state index is 10.7. The largest absolute Gasteiger partial charge is 0.383 e. The summed E-state index contributed by atoms with van der Waals surface area (Å²) in [6.45, 7) is 0. The molecule has 6 heteroatoms. The number of aromatic amines is 1. The fraction of sp³-hybridized carbons (Fsp3) is 0. The molecule has 0 unspecified atom stereocenters. The molecule has 0 aliphatic carbocycles. The molecule has 0 saturated carbocycles. The molecule has 0 fully saturated rings. The second-order valence-electron chi connectivity index (χ2n) is 3.98. The lowest BCUT2D eigenvalue weighted by Gasteiger charge is -2.04. The molecule has 0 bridgehead atoms. The lowest BCUT2D eigenvalue weighted by atomic mass is 10.1. The summed E-state index contributed by atoms with van der Waals surface area (Å²) in [6, 6.07) is 9.43. The van der Waals surface area contributed by atoms with Crippen molar-refractivity contribution in [3.05, 3.63) is 42.1 Å². The van der Waals surface area contributed by atoms with Crippen LogP contribution in [0.3, 0.4) is 0 Å². The SMILES string of the molecule is Nc1nccc(C=S=O)c1-c1nc2ccccc2[nH]1.